The van der Waals surface area contributed by atoms with Gasteiger partial charge in [0.25, 0.3) is 0 Å². The fraction of sp³-hybridized carbons (Fsp3) is 0.750. The highest BCUT2D eigenvalue weighted by atomic mass is 16.4. The number of rotatable bonds is 14. The van der Waals surface area contributed by atoms with E-state index in [1.165, 1.54) is 57.8 Å². The number of carboxylic acid groups (broad SMARTS) is 1. The van der Waals surface area contributed by atoms with Gasteiger partial charge < -0.3 is 10.8 Å². The van der Waals surface area contributed by atoms with Crippen LogP contribution in [-0.2, 0) is 4.79 Å². The topological polar surface area (TPSA) is 63.3 Å². The van der Waals surface area contributed by atoms with E-state index in [2.05, 4.69) is 12.2 Å². The van der Waals surface area contributed by atoms with E-state index in [1.54, 1.807) is 5.57 Å². The monoisotopic (exact) mass is 321 g/mol. The highest BCUT2D eigenvalue weighted by Crippen LogP contribution is 2.29. The van der Waals surface area contributed by atoms with Crippen LogP contribution in [0.5, 0.6) is 0 Å². The van der Waals surface area contributed by atoms with Crippen LogP contribution in [0.4, 0.5) is 0 Å². The number of aliphatic carboxylic acids is 1. The van der Waals surface area contributed by atoms with Crippen LogP contribution in [0.2, 0.25) is 0 Å². The molecule has 3 N–H and O–H groups in total. The molecule has 1 rings (SSSR count). The van der Waals surface area contributed by atoms with E-state index in [0.29, 0.717) is 6.42 Å². The molecule has 1 aliphatic rings. The summed E-state index contributed by atoms with van der Waals surface area (Å²) < 4.78 is 0. The van der Waals surface area contributed by atoms with Crippen LogP contribution in [0, 0.1) is 5.92 Å². The molecule has 0 amide bonds. The number of nitrogens with two attached hydrogens (primary N) is 1. The standard InChI is InChI=1S/C20H35NO2/c21-16-15-19-14-13-18(17-19)11-9-7-5-3-1-2-4-6-8-10-12-20(22)23/h6,8,17-18H,1-5,7,9-16,21H2,(H,22,23)/b8-6+/t18-/m0/s1. The highest BCUT2D eigenvalue weighted by Gasteiger charge is 2.14. The lowest BCUT2D eigenvalue weighted by molar-refractivity contribution is -0.136. The van der Waals surface area contributed by atoms with Crippen LogP contribution < -0.4 is 5.73 Å². The van der Waals surface area contributed by atoms with Gasteiger partial charge in [0.05, 0.1) is 0 Å². The van der Waals surface area contributed by atoms with Gasteiger partial charge in [-0.05, 0) is 57.4 Å². The summed E-state index contributed by atoms with van der Waals surface area (Å²) in [7, 11) is 0. The predicted octanol–water partition coefficient (Wildman–Crippen LogP) is 5.21. The van der Waals surface area contributed by atoms with Crippen molar-refractivity contribution in [3.63, 3.8) is 0 Å². The van der Waals surface area contributed by atoms with Crippen molar-refractivity contribution in [2.45, 2.75) is 83.5 Å². The van der Waals surface area contributed by atoms with Gasteiger partial charge in [-0.2, -0.15) is 0 Å². The Labute approximate surface area is 142 Å². The minimum Gasteiger partial charge on any atom is -0.481 e. The van der Waals surface area contributed by atoms with E-state index < -0.39 is 5.97 Å². The van der Waals surface area contributed by atoms with Crippen molar-refractivity contribution >= 4 is 5.97 Å². The van der Waals surface area contributed by atoms with Crippen molar-refractivity contribution in [3.05, 3.63) is 23.8 Å². The van der Waals surface area contributed by atoms with Gasteiger partial charge in [0, 0.05) is 6.42 Å². The second-order valence-corrected chi connectivity index (χ2v) is 6.76. The molecule has 0 unspecified atom stereocenters. The molecule has 3 heteroatoms. The number of allylic oxidation sites excluding steroid dienone is 3. The first kappa shape index (κ1) is 20.0. The summed E-state index contributed by atoms with van der Waals surface area (Å²) in [6, 6.07) is 0. The molecule has 1 aliphatic carbocycles. The van der Waals surface area contributed by atoms with Gasteiger partial charge in [-0.1, -0.05) is 55.9 Å². The normalized spacial score (nSPS) is 17.8. The zero-order chi connectivity index (χ0) is 16.8. The van der Waals surface area contributed by atoms with Crippen LogP contribution in [0.3, 0.4) is 0 Å². The summed E-state index contributed by atoms with van der Waals surface area (Å²) in [6.07, 6.45) is 21.7. The molecule has 0 aromatic carbocycles. The Morgan fingerprint density at radius 2 is 1.83 bits per heavy atom. The quantitative estimate of drug-likeness (QED) is 0.341. The number of hydrogen-bond donors (Lipinski definition) is 2. The van der Waals surface area contributed by atoms with Crippen LogP contribution >= 0.6 is 0 Å². The molecule has 1 atom stereocenters. The first-order valence-electron chi connectivity index (χ1n) is 9.48. The van der Waals surface area contributed by atoms with E-state index in [0.717, 1.165) is 25.3 Å². The van der Waals surface area contributed by atoms with Gasteiger partial charge in [-0.15, -0.1) is 0 Å². The minimum atomic E-state index is -0.710. The Bertz CT molecular complexity index is 374. The molecule has 132 valence electrons. The zero-order valence-corrected chi connectivity index (χ0v) is 14.6. The minimum absolute atomic E-state index is 0.250. The SMILES string of the molecule is NCCC1=C[C@@H](CCCCCCCC/C=C/CCC(=O)O)CC1. The molecular formula is C20H35NO2. The second kappa shape index (κ2) is 13.4. The lowest BCUT2D eigenvalue weighted by Crippen LogP contribution is -1.98. The number of unbranched alkanes of at least 4 members (excludes halogenated alkanes) is 6. The Morgan fingerprint density at radius 1 is 1.13 bits per heavy atom. The third kappa shape index (κ3) is 11.1. The van der Waals surface area contributed by atoms with Crippen LogP contribution in [0.15, 0.2) is 23.8 Å². The fourth-order valence-electron chi connectivity index (χ4n) is 3.31. The molecule has 3 nitrogen and oxygen atoms in total. The van der Waals surface area contributed by atoms with Crippen molar-refractivity contribution < 1.29 is 9.90 Å². The van der Waals surface area contributed by atoms with Gasteiger partial charge in [0.2, 0.25) is 0 Å². The van der Waals surface area contributed by atoms with Gasteiger partial charge in [-0.3, -0.25) is 4.79 Å². The third-order valence-electron chi connectivity index (χ3n) is 4.66. The second-order valence-electron chi connectivity index (χ2n) is 6.76. The van der Waals surface area contributed by atoms with Crippen molar-refractivity contribution in [1.82, 2.24) is 0 Å². The molecule has 0 radical (unpaired) electrons. The molecule has 23 heavy (non-hydrogen) atoms. The summed E-state index contributed by atoms with van der Waals surface area (Å²) in [5.74, 6) is 0.117. The van der Waals surface area contributed by atoms with Crippen LogP contribution in [0.25, 0.3) is 0 Å². The van der Waals surface area contributed by atoms with Crippen molar-refractivity contribution in [2.24, 2.45) is 11.7 Å². The Morgan fingerprint density at radius 3 is 2.57 bits per heavy atom. The van der Waals surface area contributed by atoms with E-state index in [4.69, 9.17) is 10.8 Å². The van der Waals surface area contributed by atoms with Crippen molar-refractivity contribution in [2.75, 3.05) is 6.54 Å². The van der Waals surface area contributed by atoms with Gasteiger partial charge in [0.1, 0.15) is 0 Å². The maximum absolute atomic E-state index is 10.3. The zero-order valence-electron chi connectivity index (χ0n) is 14.6. The Kier molecular flexibility index (Phi) is 11.6. The van der Waals surface area contributed by atoms with E-state index in [-0.39, 0.29) is 6.42 Å². The number of carboxylic acids is 1. The molecule has 0 bridgehead atoms. The fourth-order valence-corrected chi connectivity index (χ4v) is 3.31. The summed E-state index contributed by atoms with van der Waals surface area (Å²) in [5, 5.41) is 8.52. The maximum Gasteiger partial charge on any atom is 0.303 e. The largest absolute Gasteiger partial charge is 0.481 e. The highest BCUT2D eigenvalue weighted by molar-refractivity contribution is 5.66. The first-order valence-corrected chi connectivity index (χ1v) is 9.48. The van der Waals surface area contributed by atoms with Crippen molar-refractivity contribution in [3.8, 4) is 0 Å². The van der Waals surface area contributed by atoms with Gasteiger partial charge in [0.15, 0.2) is 0 Å². The van der Waals surface area contributed by atoms with Gasteiger partial charge >= 0.3 is 5.97 Å². The van der Waals surface area contributed by atoms with Crippen molar-refractivity contribution in [1.29, 1.82) is 0 Å². The molecule has 0 aromatic heterocycles. The Balaban J connectivity index is 1.84. The number of carbonyl (C=O) groups is 1. The predicted molar refractivity (Wildman–Crippen MR) is 97.4 cm³/mol. The Hall–Kier alpha value is -1.09. The van der Waals surface area contributed by atoms with Crippen LogP contribution in [-0.4, -0.2) is 17.6 Å². The molecule has 0 saturated heterocycles. The lowest BCUT2D eigenvalue weighted by Gasteiger charge is -2.06. The summed E-state index contributed by atoms with van der Waals surface area (Å²) in [4.78, 5) is 10.3. The molecular weight excluding hydrogens is 286 g/mol. The average Bonchev–Trinajstić information content (AvgIpc) is 2.96. The van der Waals surface area contributed by atoms with Gasteiger partial charge in [-0.25, -0.2) is 0 Å². The summed E-state index contributed by atoms with van der Waals surface area (Å²) >= 11 is 0. The van der Waals surface area contributed by atoms with E-state index >= 15 is 0 Å². The number of hydrogen-bond acceptors (Lipinski definition) is 2. The smallest absolute Gasteiger partial charge is 0.303 e. The summed E-state index contributed by atoms with van der Waals surface area (Å²) in [5.41, 5.74) is 7.20. The third-order valence-corrected chi connectivity index (χ3v) is 4.66. The van der Waals surface area contributed by atoms with E-state index in [9.17, 15) is 4.79 Å². The molecule has 0 heterocycles. The molecule has 0 aromatic rings. The summed E-state index contributed by atoms with van der Waals surface area (Å²) in [6.45, 7) is 0.799. The molecule has 0 spiro atoms. The first-order chi connectivity index (χ1) is 11.2. The molecule has 0 aliphatic heterocycles. The molecule has 0 saturated carbocycles. The van der Waals surface area contributed by atoms with E-state index in [1.807, 2.05) is 6.08 Å². The lowest BCUT2D eigenvalue weighted by atomic mass is 10.00. The van der Waals surface area contributed by atoms with Crippen LogP contribution in [0.1, 0.15) is 83.5 Å². The average molecular weight is 322 g/mol. The maximum atomic E-state index is 10.3. The molecule has 0 fully saturated rings.